The van der Waals surface area contributed by atoms with E-state index < -0.39 is 0 Å². The number of hydrogen-bond donors (Lipinski definition) is 1. The van der Waals surface area contributed by atoms with Crippen molar-refractivity contribution in [3.63, 3.8) is 0 Å². The molecule has 29 heavy (non-hydrogen) atoms. The molecule has 8 heteroatoms. The Balaban J connectivity index is 1.40. The number of nitrogens with one attached hydrogen (secondary N) is 1. The van der Waals surface area contributed by atoms with E-state index in [0.717, 1.165) is 41.7 Å². The smallest absolute Gasteiger partial charge is 0.222 e. The van der Waals surface area contributed by atoms with Crippen molar-refractivity contribution >= 4 is 11.6 Å². The number of benzene rings is 1. The Morgan fingerprint density at radius 3 is 2.93 bits per heavy atom. The maximum Gasteiger partial charge on any atom is 0.222 e. The monoisotopic (exact) mass is 394 g/mol. The molecule has 1 aliphatic rings. The Hall–Kier alpha value is -2.84. The van der Waals surface area contributed by atoms with Crippen LogP contribution in [-0.2, 0) is 16.1 Å². The lowest BCUT2D eigenvalue weighted by atomic mass is 10.1. The molecule has 0 aliphatic carbocycles. The van der Waals surface area contributed by atoms with Crippen LogP contribution in [-0.4, -0.2) is 63.7 Å². The van der Waals surface area contributed by atoms with E-state index in [-0.39, 0.29) is 11.9 Å². The van der Waals surface area contributed by atoms with Crippen molar-refractivity contribution in [3.05, 3.63) is 48.2 Å². The molecule has 1 aliphatic heterocycles. The third kappa shape index (κ3) is 4.44. The van der Waals surface area contributed by atoms with Crippen LogP contribution >= 0.6 is 0 Å². The Bertz CT molecular complexity index is 958. The van der Waals surface area contributed by atoms with E-state index in [4.69, 9.17) is 4.74 Å². The number of pyridine rings is 1. The summed E-state index contributed by atoms with van der Waals surface area (Å²) in [4.78, 5) is 14.0. The first kappa shape index (κ1) is 19.5. The maximum atomic E-state index is 12.1. The number of ether oxygens (including phenoxy) is 1. The lowest BCUT2D eigenvalue weighted by Gasteiger charge is -2.24. The molecule has 1 fully saturated rings. The highest BCUT2D eigenvalue weighted by Crippen LogP contribution is 2.23. The third-order valence-electron chi connectivity index (χ3n) is 5.44. The van der Waals surface area contributed by atoms with Crippen LogP contribution in [0.4, 0.5) is 0 Å². The lowest BCUT2D eigenvalue weighted by Crippen LogP contribution is -2.37. The van der Waals surface area contributed by atoms with E-state index in [2.05, 4.69) is 39.0 Å². The summed E-state index contributed by atoms with van der Waals surface area (Å²) in [5, 5.41) is 15.6. The zero-order valence-corrected chi connectivity index (χ0v) is 16.6. The van der Waals surface area contributed by atoms with Crippen molar-refractivity contribution in [3.8, 4) is 11.1 Å². The van der Waals surface area contributed by atoms with Gasteiger partial charge in [-0.2, -0.15) is 4.52 Å². The van der Waals surface area contributed by atoms with Crippen LogP contribution in [0.2, 0.25) is 0 Å². The largest absolute Gasteiger partial charge is 0.383 e. The van der Waals surface area contributed by atoms with Crippen LogP contribution in [0.5, 0.6) is 0 Å². The molecule has 1 saturated heterocycles. The van der Waals surface area contributed by atoms with Gasteiger partial charge in [0.15, 0.2) is 5.65 Å². The summed E-state index contributed by atoms with van der Waals surface area (Å²) < 4.78 is 6.86. The number of tetrazole rings is 1. The van der Waals surface area contributed by atoms with Gasteiger partial charge in [-0.25, -0.2) is 0 Å². The van der Waals surface area contributed by atoms with E-state index in [1.165, 1.54) is 0 Å². The minimum Gasteiger partial charge on any atom is -0.383 e. The summed E-state index contributed by atoms with van der Waals surface area (Å²) in [7, 11) is 1.67. The average Bonchev–Trinajstić information content (AvgIpc) is 3.36. The lowest BCUT2D eigenvalue weighted by molar-refractivity contribution is -0.129. The standard InChI is InChI=1S/C21H26N6O2/c1-29-12-11-26-19(7-8-20(26)28)9-10-22-14-17-13-18(16-5-3-2-4-6-16)15-27-21(17)23-24-25-27/h2-6,13,15,19,22H,7-12,14H2,1H3. The highest BCUT2D eigenvalue weighted by atomic mass is 16.5. The molecule has 152 valence electrons. The number of fused-ring (bicyclic) bond motifs is 1. The second kappa shape index (κ2) is 9.11. The van der Waals surface area contributed by atoms with Gasteiger partial charge in [0.05, 0.1) is 6.61 Å². The molecule has 1 aromatic carbocycles. The fourth-order valence-corrected chi connectivity index (χ4v) is 3.91. The minimum atomic E-state index is 0.235. The van der Waals surface area contributed by atoms with Gasteiger partial charge in [0, 0.05) is 50.0 Å². The van der Waals surface area contributed by atoms with Crippen molar-refractivity contribution < 1.29 is 9.53 Å². The van der Waals surface area contributed by atoms with E-state index in [1.54, 1.807) is 11.6 Å². The predicted octanol–water partition coefficient (Wildman–Crippen LogP) is 1.91. The van der Waals surface area contributed by atoms with Crippen molar-refractivity contribution in [2.45, 2.75) is 31.8 Å². The first-order valence-electron chi connectivity index (χ1n) is 10.0. The number of likely N-dealkylation sites (tertiary alicyclic amines) is 1. The Kier molecular flexibility index (Phi) is 6.12. The fraction of sp³-hybridized carbons (Fsp3) is 0.429. The van der Waals surface area contributed by atoms with Crippen LogP contribution in [0.15, 0.2) is 42.6 Å². The van der Waals surface area contributed by atoms with E-state index >= 15 is 0 Å². The number of hydrogen-bond acceptors (Lipinski definition) is 6. The topological polar surface area (TPSA) is 84.7 Å². The second-order valence-corrected chi connectivity index (χ2v) is 7.30. The summed E-state index contributed by atoms with van der Waals surface area (Å²) in [6.45, 7) is 2.75. The number of nitrogens with zero attached hydrogens (tertiary/aromatic N) is 5. The summed E-state index contributed by atoms with van der Waals surface area (Å²) in [5.74, 6) is 0.235. The average molecular weight is 394 g/mol. The summed E-state index contributed by atoms with van der Waals surface area (Å²) in [6.07, 6.45) is 4.44. The molecule has 4 rings (SSSR count). The molecule has 3 heterocycles. The van der Waals surface area contributed by atoms with Gasteiger partial charge in [0.2, 0.25) is 5.91 Å². The zero-order chi connectivity index (χ0) is 20.1. The Labute approximate surface area is 169 Å². The fourth-order valence-electron chi connectivity index (χ4n) is 3.91. The quantitative estimate of drug-likeness (QED) is 0.558. The van der Waals surface area contributed by atoms with Gasteiger partial charge < -0.3 is 15.0 Å². The maximum absolute atomic E-state index is 12.1. The number of carbonyl (C=O) groups excluding carboxylic acids is 1. The molecule has 1 N–H and O–H groups in total. The van der Waals surface area contributed by atoms with Gasteiger partial charge in [-0.3, -0.25) is 4.79 Å². The van der Waals surface area contributed by atoms with Gasteiger partial charge in [-0.1, -0.05) is 30.3 Å². The summed E-state index contributed by atoms with van der Waals surface area (Å²) >= 11 is 0. The van der Waals surface area contributed by atoms with Crippen LogP contribution < -0.4 is 5.32 Å². The number of aromatic nitrogens is 4. The first-order valence-corrected chi connectivity index (χ1v) is 10.0. The summed E-state index contributed by atoms with van der Waals surface area (Å²) in [5.41, 5.74) is 4.02. The molecule has 3 aromatic rings. The summed E-state index contributed by atoms with van der Waals surface area (Å²) in [6, 6.07) is 12.6. The molecule has 1 atom stereocenters. The zero-order valence-electron chi connectivity index (χ0n) is 16.6. The first-order chi connectivity index (χ1) is 14.3. The molecular weight excluding hydrogens is 368 g/mol. The van der Waals surface area contributed by atoms with Crippen molar-refractivity contribution in [2.75, 3.05) is 26.8 Å². The van der Waals surface area contributed by atoms with Gasteiger partial charge in [0.25, 0.3) is 0 Å². The van der Waals surface area contributed by atoms with E-state index in [1.807, 2.05) is 29.3 Å². The molecule has 0 radical (unpaired) electrons. The van der Waals surface area contributed by atoms with Crippen LogP contribution in [0.25, 0.3) is 16.8 Å². The van der Waals surface area contributed by atoms with Crippen molar-refractivity contribution in [1.29, 1.82) is 0 Å². The molecule has 2 aromatic heterocycles. The van der Waals surface area contributed by atoms with E-state index in [9.17, 15) is 4.79 Å². The van der Waals surface area contributed by atoms with Crippen molar-refractivity contribution in [1.82, 2.24) is 30.3 Å². The van der Waals surface area contributed by atoms with Gasteiger partial charge in [0.1, 0.15) is 0 Å². The molecular formula is C21H26N6O2. The van der Waals surface area contributed by atoms with Crippen LogP contribution in [0.1, 0.15) is 24.8 Å². The third-order valence-corrected chi connectivity index (χ3v) is 5.44. The molecule has 1 unspecified atom stereocenters. The highest BCUT2D eigenvalue weighted by Gasteiger charge is 2.29. The Morgan fingerprint density at radius 2 is 2.10 bits per heavy atom. The highest BCUT2D eigenvalue weighted by molar-refractivity contribution is 5.78. The van der Waals surface area contributed by atoms with Crippen LogP contribution in [0.3, 0.4) is 0 Å². The number of rotatable bonds is 9. The molecule has 1 amide bonds. The molecule has 0 bridgehead atoms. The minimum absolute atomic E-state index is 0.235. The SMILES string of the molecule is COCCN1C(=O)CCC1CCNCc1cc(-c2ccccc2)cn2nnnc12. The molecule has 0 spiro atoms. The van der Waals surface area contributed by atoms with Gasteiger partial charge in [-0.05, 0) is 41.4 Å². The number of amides is 1. The van der Waals surface area contributed by atoms with Gasteiger partial charge >= 0.3 is 0 Å². The van der Waals surface area contributed by atoms with Crippen LogP contribution in [0, 0.1) is 0 Å². The van der Waals surface area contributed by atoms with Crippen molar-refractivity contribution in [2.24, 2.45) is 0 Å². The second-order valence-electron chi connectivity index (χ2n) is 7.30. The molecule has 8 nitrogen and oxygen atoms in total. The number of methoxy groups -OCH3 is 1. The number of carbonyl (C=O) groups is 1. The Morgan fingerprint density at radius 1 is 1.24 bits per heavy atom. The normalized spacial score (nSPS) is 16.8. The molecule has 0 saturated carbocycles. The van der Waals surface area contributed by atoms with Gasteiger partial charge in [-0.15, -0.1) is 5.10 Å². The van der Waals surface area contributed by atoms with E-state index in [0.29, 0.717) is 26.1 Å². The predicted molar refractivity (Wildman–Crippen MR) is 109 cm³/mol.